The fraction of sp³-hybridized carbons (Fsp3) is 0.417. The van der Waals surface area contributed by atoms with Crippen molar-refractivity contribution in [3.05, 3.63) is 35.9 Å². The van der Waals surface area contributed by atoms with Gasteiger partial charge in [0.15, 0.2) is 0 Å². The maximum Gasteiger partial charge on any atom is 0.300 e. The largest absolute Gasteiger partial charge is 1.00 e. The average molecular weight is 275 g/mol. The van der Waals surface area contributed by atoms with Crippen molar-refractivity contribution in [3.63, 3.8) is 0 Å². The third-order valence-electron chi connectivity index (χ3n) is 2.18. The van der Waals surface area contributed by atoms with Crippen LogP contribution in [0.1, 0.15) is 24.2 Å². The average Bonchev–Trinajstić information content (AvgIpc) is 2.29. The summed E-state index contributed by atoms with van der Waals surface area (Å²) in [4.78, 5) is 0. The second kappa shape index (κ2) is 9.33. The molecule has 0 aromatic heterocycles. The molecule has 0 spiro atoms. The van der Waals surface area contributed by atoms with E-state index in [-0.39, 0.29) is 17.7 Å². The van der Waals surface area contributed by atoms with Crippen LogP contribution in [-0.2, 0) is 4.74 Å². The van der Waals surface area contributed by atoms with Gasteiger partial charge in [0.25, 0.3) is 5.17 Å². The van der Waals surface area contributed by atoms with Crippen molar-refractivity contribution in [3.8, 4) is 0 Å². The molecule has 0 radical (unpaired) electrons. The van der Waals surface area contributed by atoms with Gasteiger partial charge in [-0.15, -0.1) is 0 Å². The molecule has 0 aliphatic carbocycles. The molecular weight excluding hydrogens is 256 g/mol. The van der Waals surface area contributed by atoms with Crippen molar-refractivity contribution in [2.45, 2.75) is 18.6 Å². The first kappa shape index (κ1) is 16.3. The fourth-order valence-electron chi connectivity index (χ4n) is 1.46. The summed E-state index contributed by atoms with van der Waals surface area (Å²) in [5.41, 5.74) is 6.79. The van der Waals surface area contributed by atoms with Crippen molar-refractivity contribution < 1.29 is 22.6 Å². The van der Waals surface area contributed by atoms with Crippen molar-refractivity contribution in [2.75, 3.05) is 13.2 Å². The molecule has 17 heavy (non-hydrogen) atoms. The Bertz CT molecular complexity index is 322. The Morgan fingerprint density at radius 1 is 1.41 bits per heavy atom. The third-order valence-corrected chi connectivity index (χ3v) is 3.24. The van der Waals surface area contributed by atoms with E-state index in [0.29, 0.717) is 5.17 Å². The van der Waals surface area contributed by atoms with E-state index in [2.05, 4.69) is 12.1 Å². The number of nitrogens with two attached hydrogens (primary N) is 2. The predicted molar refractivity (Wildman–Crippen MR) is 69.0 cm³/mol. The van der Waals surface area contributed by atoms with Gasteiger partial charge in [-0.1, -0.05) is 30.3 Å². The molecule has 0 heterocycles. The molecule has 5 heteroatoms. The van der Waals surface area contributed by atoms with Crippen LogP contribution in [0.3, 0.4) is 0 Å². The van der Waals surface area contributed by atoms with Crippen LogP contribution in [0, 0.1) is 0 Å². The number of benzene rings is 1. The molecule has 0 fully saturated rings. The lowest BCUT2D eigenvalue weighted by atomic mass is 10.1. The summed E-state index contributed by atoms with van der Waals surface area (Å²) in [5, 5.41) is 6.23. The van der Waals surface area contributed by atoms with E-state index >= 15 is 0 Å². The van der Waals surface area contributed by atoms with Gasteiger partial charge < -0.3 is 17.1 Å². The van der Waals surface area contributed by atoms with Crippen molar-refractivity contribution >= 4 is 16.9 Å². The Kier molecular flexibility index (Phi) is 8.94. The van der Waals surface area contributed by atoms with Crippen LogP contribution in [0.4, 0.5) is 0 Å². The van der Waals surface area contributed by atoms with Gasteiger partial charge >= 0.3 is 0 Å². The summed E-state index contributed by atoms with van der Waals surface area (Å²) in [6.07, 6.45) is 0.917. The van der Waals surface area contributed by atoms with E-state index in [1.54, 1.807) is 0 Å². The molecule has 1 aromatic rings. The normalized spacial score (nSPS) is 11.6. The molecule has 1 rings (SSSR count). The van der Waals surface area contributed by atoms with Crippen LogP contribution in [-0.4, -0.2) is 18.4 Å². The highest BCUT2D eigenvalue weighted by Crippen LogP contribution is 2.30. The quantitative estimate of drug-likeness (QED) is 0.357. The summed E-state index contributed by atoms with van der Waals surface area (Å²) in [6, 6.07) is 10.2. The molecule has 96 valence electrons. The van der Waals surface area contributed by atoms with Gasteiger partial charge in [0.05, 0.1) is 0 Å². The number of ether oxygens (including phenoxy) is 1. The Hall–Kier alpha value is -0.710. The fourth-order valence-corrected chi connectivity index (χ4v) is 2.30. The molecule has 1 atom stereocenters. The molecular formula is C12H19ClN2OS. The number of halogens is 1. The molecule has 3 nitrogen and oxygen atoms in total. The molecule has 0 aliphatic heterocycles. The van der Waals surface area contributed by atoms with E-state index in [4.69, 9.17) is 15.9 Å². The molecule has 1 unspecified atom stereocenters. The van der Waals surface area contributed by atoms with Crippen LogP contribution < -0.4 is 23.5 Å². The van der Waals surface area contributed by atoms with Gasteiger partial charge in [-0.2, -0.15) is 0 Å². The number of hydrogen-bond donors (Lipinski definition) is 2. The van der Waals surface area contributed by atoms with Crippen LogP contribution in [0.2, 0.25) is 0 Å². The lowest BCUT2D eigenvalue weighted by Gasteiger charge is -2.14. The van der Waals surface area contributed by atoms with Crippen molar-refractivity contribution in [1.29, 1.82) is 0 Å². The van der Waals surface area contributed by atoms with Gasteiger partial charge in [0.2, 0.25) is 0 Å². The smallest absolute Gasteiger partial charge is 0.300 e. The van der Waals surface area contributed by atoms with Crippen molar-refractivity contribution in [2.24, 2.45) is 5.73 Å². The zero-order chi connectivity index (χ0) is 11.8. The highest BCUT2D eigenvalue weighted by Gasteiger charge is 2.15. The predicted octanol–water partition coefficient (Wildman–Crippen LogP) is -2.03. The van der Waals surface area contributed by atoms with Gasteiger partial charge in [0.1, 0.15) is 0 Å². The van der Waals surface area contributed by atoms with E-state index in [9.17, 15) is 0 Å². The molecule has 0 saturated heterocycles. The summed E-state index contributed by atoms with van der Waals surface area (Å²) in [6.45, 7) is 3.47. The van der Waals surface area contributed by atoms with Gasteiger partial charge in [-0.05, 0) is 30.7 Å². The molecule has 0 aliphatic rings. The standard InChI is InChI=1S/C12H18N2OS.ClH/c1-2-15-9-8-11(16-12(13)14)10-6-4-3-5-7-10;/h3-7,11H,2,8-9H2,1H3,(H3,13,14);1H. The van der Waals surface area contributed by atoms with Crippen LogP contribution in [0.5, 0.6) is 0 Å². The molecule has 1 aromatic carbocycles. The number of hydrogen-bond acceptors (Lipinski definition) is 2. The zero-order valence-corrected chi connectivity index (χ0v) is 11.5. The van der Waals surface area contributed by atoms with Crippen LogP contribution in [0.15, 0.2) is 30.3 Å². The van der Waals surface area contributed by atoms with Crippen LogP contribution in [0.25, 0.3) is 0 Å². The minimum absolute atomic E-state index is 0. The summed E-state index contributed by atoms with van der Waals surface area (Å²) in [5.74, 6) is 0. The Balaban J connectivity index is 0.00000256. The summed E-state index contributed by atoms with van der Waals surface area (Å²) < 4.78 is 5.36. The summed E-state index contributed by atoms with van der Waals surface area (Å²) in [7, 11) is 0. The second-order valence-corrected chi connectivity index (χ2v) is 4.68. The van der Waals surface area contributed by atoms with E-state index in [0.717, 1.165) is 19.6 Å². The summed E-state index contributed by atoms with van der Waals surface area (Å²) >= 11 is 1.50. The van der Waals surface area contributed by atoms with E-state index < -0.39 is 0 Å². The maximum absolute atomic E-state index is 5.55. The minimum Gasteiger partial charge on any atom is -1.00 e. The molecule has 0 saturated carbocycles. The van der Waals surface area contributed by atoms with Crippen molar-refractivity contribution in [1.82, 2.24) is 0 Å². The number of amidine groups is 1. The molecule has 0 bridgehead atoms. The van der Waals surface area contributed by atoms with Gasteiger partial charge in [-0.25, -0.2) is 0 Å². The molecule has 0 amide bonds. The van der Waals surface area contributed by atoms with E-state index in [1.165, 1.54) is 17.3 Å². The van der Waals surface area contributed by atoms with Gasteiger partial charge in [-0.3, -0.25) is 11.1 Å². The maximum atomic E-state index is 5.55. The van der Waals surface area contributed by atoms with Crippen LogP contribution >= 0.6 is 11.8 Å². The highest BCUT2D eigenvalue weighted by molar-refractivity contribution is 8.13. The lowest BCUT2D eigenvalue weighted by Crippen LogP contribution is -3.00. The Morgan fingerprint density at radius 3 is 2.59 bits per heavy atom. The SMILES string of the molecule is CCOCCC(SC(N)=[NH2+])c1ccccc1.[Cl-]. The molecule has 4 N–H and O–H groups in total. The Labute approximate surface area is 113 Å². The first-order chi connectivity index (χ1) is 7.74. The Morgan fingerprint density at radius 2 is 2.06 bits per heavy atom. The highest BCUT2D eigenvalue weighted by atomic mass is 35.5. The first-order valence-corrected chi connectivity index (χ1v) is 6.29. The topological polar surface area (TPSA) is 60.8 Å². The monoisotopic (exact) mass is 274 g/mol. The number of rotatable bonds is 6. The lowest BCUT2D eigenvalue weighted by molar-refractivity contribution is -0.110. The third kappa shape index (κ3) is 6.56. The van der Waals surface area contributed by atoms with Gasteiger partial charge in [0, 0.05) is 18.5 Å². The first-order valence-electron chi connectivity index (χ1n) is 5.41. The second-order valence-electron chi connectivity index (χ2n) is 3.41. The zero-order valence-electron chi connectivity index (χ0n) is 9.93. The number of thioether (sulfide) groups is 1. The minimum atomic E-state index is 0. The van der Waals surface area contributed by atoms with E-state index in [1.807, 2.05) is 25.1 Å².